The first kappa shape index (κ1) is 15.7. The summed E-state index contributed by atoms with van der Waals surface area (Å²) in [5.74, 6) is 2.44. The molecular weight excluding hydrogens is 240 g/mol. The minimum absolute atomic E-state index is 0.458. The highest BCUT2D eigenvalue weighted by atomic mass is 16.5. The van der Waals surface area contributed by atoms with Gasteiger partial charge < -0.3 is 15.4 Å². The number of hydrogen-bond donors (Lipinski definition) is 2. The van der Waals surface area contributed by atoms with Gasteiger partial charge in [-0.25, -0.2) is 9.97 Å². The third-order valence-electron chi connectivity index (χ3n) is 2.65. The molecule has 0 fully saturated rings. The van der Waals surface area contributed by atoms with Crippen LogP contribution >= 0.6 is 0 Å². The Morgan fingerprint density at radius 2 is 1.79 bits per heavy atom. The summed E-state index contributed by atoms with van der Waals surface area (Å²) in [6.07, 6.45) is 3.63. The lowest BCUT2D eigenvalue weighted by Gasteiger charge is -2.10. The molecule has 0 saturated heterocycles. The molecule has 5 heteroatoms. The van der Waals surface area contributed by atoms with Gasteiger partial charge in [0, 0.05) is 25.8 Å². The molecule has 1 aromatic rings. The SMILES string of the molecule is CCCCCNc1cc(NCC)nc(COCC)n1. The van der Waals surface area contributed by atoms with Crippen molar-refractivity contribution >= 4 is 11.6 Å². The van der Waals surface area contributed by atoms with Crippen LogP contribution in [0.1, 0.15) is 45.9 Å². The molecule has 1 heterocycles. The highest BCUT2D eigenvalue weighted by Crippen LogP contribution is 2.12. The molecule has 0 unspecified atom stereocenters. The second kappa shape index (κ2) is 9.55. The second-order valence-corrected chi connectivity index (χ2v) is 4.36. The first-order valence-corrected chi connectivity index (χ1v) is 7.23. The Balaban J connectivity index is 2.63. The zero-order chi connectivity index (χ0) is 13.9. The maximum atomic E-state index is 5.37. The van der Waals surface area contributed by atoms with Gasteiger partial charge in [-0.1, -0.05) is 19.8 Å². The Hall–Kier alpha value is -1.36. The largest absolute Gasteiger partial charge is 0.374 e. The molecule has 0 spiro atoms. The number of anilines is 2. The molecule has 0 atom stereocenters. The van der Waals surface area contributed by atoms with Gasteiger partial charge in [-0.05, 0) is 20.3 Å². The summed E-state index contributed by atoms with van der Waals surface area (Å²) < 4.78 is 5.37. The molecule has 1 aromatic heterocycles. The Labute approximate surface area is 116 Å². The van der Waals surface area contributed by atoms with E-state index in [4.69, 9.17) is 4.74 Å². The van der Waals surface area contributed by atoms with Crippen LogP contribution in [0.15, 0.2) is 6.07 Å². The van der Waals surface area contributed by atoms with Crippen LogP contribution in [0.4, 0.5) is 11.6 Å². The number of aromatic nitrogens is 2. The summed E-state index contributed by atoms with van der Waals surface area (Å²) in [5.41, 5.74) is 0. The van der Waals surface area contributed by atoms with E-state index < -0.39 is 0 Å². The number of nitrogens with zero attached hydrogens (tertiary/aromatic N) is 2. The second-order valence-electron chi connectivity index (χ2n) is 4.36. The van der Waals surface area contributed by atoms with Gasteiger partial charge in [-0.15, -0.1) is 0 Å². The number of unbranched alkanes of at least 4 members (excludes halogenated alkanes) is 2. The van der Waals surface area contributed by atoms with Crippen LogP contribution in [0.2, 0.25) is 0 Å². The van der Waals surface area contributed by atoms with Crippen molar-refractivity contribution in [1.29, 1.82) is 0 Å². The lowest BCUT2D eigenvalue weighted by molar-refractivity contribution is 0.128. The molecule has 19 heavy (non-hydrogen) atoms. The lowest BCUT2D eigenvalue weighted by atomic mass is 10.2. The Morgan fingerprint density at radius 1 is 1.05 bits per heavy atom. The third-order valence-corrected chi connectivity index (χ3v) is 2.65. The molecule has 0 aromatic carbocycles. The van der Waals surface area contributed by atoms with Gasteiger partial charge in [0.05, 0.1) is 0 Å². The van der Waals surface area contributed by atoms with Crippen molar-refractivity contribution in [1.82, 2.24) is 9.97 Å². The first-order valence-electron chi connectivity index (χ1n) is 7.23. The van der Waals surface area contributed by atoms with E-state index in [2.05, 4.69) is 34.4 Å². The van der Waals surface area contributed by atoms with Crippen molar-refractivity contribution in [3.8, 4) is 0 Å². The van der Waals surface area contributed by atoms with E-state index in [-0.39, 0.29) is 0 Å². The Kier molecular flexibility index (Phi) is 7.89. The van der Waals surface area contributed by atoms with Crippen LogP contribution < -0.4 is 10.6 Å². The van der Waals surface area contributed by atoms with Gasteiger partial charge in [0.1, 0.15) is 18.2 Å². The molecule has 0 amide bonds. The van der Waals surface area contributed by atoms with Gasteiger partial charge in [0.15, 0.2) is 5.82 Å². The zero-order valence-electron chi connectivity index (χ0n) is 12.3. The molecule has 0 aliphatic heterocycles. The summed E-state index contributed by atoms with van der Waals surface area (Å²) in [7, 11) is 0. The van der Waals surface area contributed by atoms with Crippen LogP contribution in [-0.2, 0) is 11.3 Å². The fraction of sp³-hybridized carbons (Fsp3) is 0.714. The summed E-state index contributed by atoms with van der Waals surface area (Å²) in [5, 5.41) is 6.57. The number of ether oxygens (including phenoxy) is 1. The standard InChI is InChI=1S/C14H26N4O/c1-4-7-8-9-16-13-10-12(15-5-2)17-14(18-13)11-19-6-3/h10H,4-9,11H2,1-3H3,(H2,15,16,17,18). The Bertz CT molecular complexity index is 357. The van der Waals surface area contributed by atoms with Gasteiger partial charge in [-0.2, -0.15) is 0 Å². The van der Waals surface area contributed by atoms with Gasteiger partial charge >= 0.3 is 0 Å². The van der Waals surface area contributed by atoms with Crippen LogP contribution in [0.5, 0.6) is 0 Å². The van der Waals surface area contributed by atoms with Crippen LogP contribution in [-0.4, -0.2) is 29.7 Å². The van der Waals surface area contributed by atoms with E-state index in [1.54, 1.807) is 0 Å². The minimum atomic E-state index is 0.458. The van der Waals surface area contributed by atoms with Crippen molar-refractivity contribution in [3.05, 3.63) is 11.9 Å². The van der Waals surface area contributed by atoms with E-state index in [0.29, 0.717) is 13.2 Å². The summed E-state index contributed by atoms with van der Waals surface area (Å²) >= 11 is 0. The van der Waals surface area contributed by atoms with Gasteiger partial charge in [0.25, 0.3) is 0 Å². The molecule has 5 nitrogen and oxygen atoms in total. The highest BCUT2D eigenvalue weighted by Gasteiger charge is 2.04. The molecule has 108 valence electrons. The fourth-order valence-corrected chi connectivity index (χ4v) is 1.71. The van der Waals surface area contributed by atoms with Crippen molar-refractivity contribution in [2.45, 2.75) is 46.6 Å². The summed E-state index contributed by atoms with van der Waals surface area (Å²) in [4.78, 5) is 8.88. The maximum absolute atomic E-state index is 5.37. The maximum Gasteiger partial charge on any atom is 0.158 e. The molecule has 1 rings (SSSR count). The monoisotopic (exact) mass is 266 g/mol. The molecule has 0 saturated carbocycles. The average molecular weight is 266 g/mol. The van der Waals surface area contributed by atoms with E-state index in [0.717, 1.165) is 37.0 Å². The number of rotatable bonds is 10. The van der Waals surface area contributed by atoms with Crippen molar-refractivity contribution in [2.24, 2.45) is 0 Å². The van der Waals surface area contributed by atoms with Crippen LogP contribution in [0, 0.1) is 0 Å². The van der Waals surface area contributed by atoms with Crippen LogP contribution in [0.25, 0.3) is 0 Å². The normalized spacial score (nSPS) is 10.5. The quantitative estimate of drug-likeness (QED) is 0.637. The number of hydrogen-bond acceptors (Lipinski definition) is 5. The molecule has 0 aliphatic carbocycles. The van der Waals surface area contributed by atoms with Crippen molar-refractivity contribution in [3.63, 3.8) is 0 Å². The van der Waals surface area contributed by atoms with E-state index in [1.807, 2.05) is 13.0 Å². The van der Waals surface area contributed by atoms with Gasteiger partial charge in [-0.3, -0.25) is 0 Å². The van der Waals surface area contributed by atoms with E-state index in [9.17, 15) is 0 Å². The van der Waals surface area contributed by atoms with Crippen molar-refractivity contribution in [2.75, 3.05) is 30.3 Å². The fourth-order valence-electron chi connectivity index (χ4n) is 1.71. The topological polar surface area (TPSA) is 59.1 Å². The molecule has 0 radical (unpaired) electrons. The lowest BCUT2D eigenvalue weighted by Crippen LogP contribution is -2.10. The Morgan fingerprint density at radius 3 is 2.42 bits per heavy atom. The highest BCUT2D eigenvalue weighted by molar-refractivity contribution is 5.47. The van der Waals surface area contributed by atoms with Gasteiger partial charge in [0.2, 0.25) is 0 Å². The van der Waals surface area contributed by atoms with Crippen molar-refractivity contribution < 1.29 is 4.74 Å². The van der Waals surface area contributed by atoms with E-state index in [1.165, 1.54) is 12.8 Å². The minimum Gasteiger partial charge on any atom is -0.374 e. The summed E-state index contributed by atoms with van der Waals surface area (Å²) in [6.45, 7) is 9.16. The predicted molar refractivity (Wildman–Crippen MR) is 79.5 cm³/mol. The molecular formula is C14H26N4O. The predicted octanol–water partition coefficient (Wildman–Crippen LogP) is 3.05. The average Bonchev–Trinajstić information content (AvgIpc) is 2.42. The zero-order valence-corrected chi connectivity index (χ0v) is 12.3. The number of nitrogens with one attached hydrogen (secondary N) is 2. The molecule has 2 N–H and O–H groups in total. The molecule has 0 bridgehead atoms. The molecule has 0 aliphatic rings. The van der Waals surface area contributed by atoms with E-state index >= 15 is 0 Å². The van der Waals surface area contributed by atoms with Crippen LogP contribution in [0.3, 0.4) is 0 Å². The third kappa shape index (κ3) is 6.38. The smallest absolute Gasteiger partial charge is 0.158 e. The summed E-state index contributed by atoms with van der Waals surface area (Å²) in [6, 6.07) is 1.95. The first-order chi connectivity index (χ1) is 9.30.